The number of anilines is 1. The van der Waals surface area contributed by atoms with Crippen LogP contribution in [0.3, 0.4) is 0 Å². The van der Waals surface area contributed by atoms with E-state index in [-0.39, 0.29) is 23.5 Å². The first-order valence-corrected chi connectivity index (χ1v) is 10.6. The average Bonchev–Trinajstić information content (AvgIpc) is 3.43. The molecule has 0 aliphatic carbocycles. The summed E-state index contributed by atoms with van der Waals surface area (Å²) in [6.45, 7) is 2.80. The van der Waals surface area contributed by atoms with Gasteiger partial charge in [-0.15, -0.1) is 11.3 Å². The summed E-state index contributed by atoms with van der Waals surface area (Å²) in [5, 5.41) is 3.43. The van der Waals surface area contributed by atoms with Gasteiger partial charge in [-0.25, -0.2) is 9.37 Å². The lowest BCUT2D eigenvalue weighted by atomic mass is 9.95. The van der Waals surface area contributed by atoms with E-state index in [1.54, 1.807) is 30.2 Å². The molecule has 0 atom stereocenters. The predicted octanol–water partition coefficient (Wildman–Crippen LogP) is 4.27. The molecule has 6 nitrogen and oxygen atoms in total. The zero-order valence-electron chi connectivity index (χ0n) is 16.6. The molecule has 4 rings (SSSR count). The van der Waals surface area contributed by atoms with E-state index >= 15 is 0 Å². The van der Waals surface area contributed by atoms with Gasteiger partial charge in [0.15, 0.2) is 5.13 Å². The Morgan fingerprint density at radius 2 is 2.10 bits per heavy atom. The van der Waals surface area contributed by atoms with Crippen LogP contribution >= 0.6 is 11.3 Å². The molecule has 8 heteroatoms. The van der Waals surface area contributed by atoms with Gasteiger partial charge in [0.2, 0.25) is 5.91 Å². The number of nitrogens with zero attached hydrogens (tertiary/aromatic N) is 2. The van der Waals surface area contributed by atoms with Crippen LogP contribution in [0.1, 0.15) is 39.2 Å². The number of likely N-dealkylation sites (tertiary alicyclic amines) is 1. The summed E-state index contributed by atoms with van der Waals surface area (Å²) in [6, 6.07) is 6.84. The molecule has 30 heavy (non-hydrogen) atoms. The number of hydrogen-bond acceptors (Lipinski definition) is 5. The molecule has 3 heterocycles. The third-order valence-electron chi connectivity index (χ3n) is 5.32. The van der Waals surface area contributed by atoms with Crippen molar-refractivity contribution >= 4 is 28.3 Å². The van der Waals surface area contributed by atoms with Crippen LogP contribution in [-0.2, 0) is 11.2 Å². The number of carbonyl (C=O) groups excluding carboxylic acids is 2. The van der Waals surface area contributed by atoms with Crippen molar-refractivity contribution in [3.8, 4) is 0 Å². The van der Waals surface area contributed by atoms with Crippen molar-refractivity contribution in [2.45, 2.75) is 26.2 Å². The largest absolute Gasteiger partial charge is 0.472 e. The van der Waals surface area contributed by atoms with Crippen molar-refractivity contribution in [2.75, 3.05) is 18.4 Å². The summed E-state index contributed by atoms with van der Waals surface area (Å²) in [5.41, 5.74) is 2.02. The molecule has 0 saturated carbocycles. The van der Waals surface area contributed by atoms with Gasteiger partial charge in [-0.2, -0.15) is 0 Å². The van der Waals surface area contributed by atoms with Gasteiger partial charge < -0.3 is 14.6 Å². The lowest BCUT2D eigenvalue weighted by Crippen LogP contribution is -2.41. The molecule has 1 aromatic carbocycles. The summed E-state index contributed by atoms with van der Waals surface area (Å²) in [4.78, 5) is 31.9. The highest BCUT2D eigenvalue weighted by Crippen LogP contribution is 2.25. The Bertz CT molecular complexity index is 1040. The normalized spacial score (nSPS) is 14.7. The number of halogens is 1. The molecular formula is C22H22FN3O3S. The second kappa shape index (κ2) is 8.79. The Morgan fingerprint density at radius 3 is 2.80 bits per heavy atom. The van der Waals surface area contributed by atoms with Crippen molar-refractivity contribution in [3.05, 3.63) is 70.4 Å². The Labute approximate surface area is 177 Å². The van der Waals surface area contributed by atoms with Crippen LogP contribution in [-0.4, -0.2) is 34.8 Å². The maximum Gasteiger partial charge on any atom is 0.257 e. The van der Waals surface area contributed by atoms with Gasteiger partial charge in [0.05, 0.1) is 11.8 Å². The van der Waals surface area contributed by atoms with Gasteiger partial charge >= 0.3 is 0 Å². The topological polar surface area (TPSA) is 75.4 Å². The maximum atomic E-state index is 13.7. The molecule has 2 aromatic heterocycles. The summed E-state index contributed by atoms with van der Waals surface area (Å²) in [5.74, 6) is -0.521. The number of thiazole rings is 1. The highest BCUT2D eigenvalue weighted by Gasteiger charge is 2.28. The van der Waals surface area contributed by atoms with Crippen LogP contribution in [0.2, 0.25) is 0 Å². The number of hydrogen-bond donors (Lipinski definition) is 1. The molecule has 1 aliphatic rings. The van der Waals surface area contributed by atoms with Crippen LogP contribution in [0.25, 0.3) is 0 Å². The van der Waals surface area contributed by atoms with Crippen LogP contribution in [0.15, 0.2) is 47.4 Å². The van der Waals surface area contributed by atoms with E-state index in [9.17, 15) is 14.0 Å². The molecule has 1 saturated heterocycles. The Balaban J connectivity index is 1.29. The number of aryl methyl sites for hydroxylation is 1. The van der Waals surface area contributed by atoms with Crippen molar-refractivity contribution in [3.63, 3.8) is 0 Å². The molecule has 0 radical (unpaired) electrons. The van der Waals surface area contributed by atoms with Gasteiger partial charge in [0, 0.05) is 36.5 Å². The highest BCUT2D eigenvalue weighted by molar-refractivity contribution is 7.15. The van der Waals surface area contributed by atoms with Crippen LogP contribution < -0.4 is 5.32 Å². The van der Waals surface area contributed by atoms with Gasteiger partial charge in [-0.1, -0.05) is 12.1 Å². The Morgan fingerprint density at radius 1 is 1.30 bits per heavy atom. The summed E-state index contributed by atoms with van der Waals surface area (Å²) >= 11 is 1.39. The number of amides is 2. The first kappa shape index (κ1) is 20.3. The molecule has 3 aromatic rings. The first-order chi connectivity index (χ1) is 14.5. The molecule has 1 aliphatic heterocycles. The number of piperidine rings is 1. The fourth-order valence-electron chi connectivity index (χ4n) is 3.52. The summed E-state index contributed by atoms with van der Waals surface area (Å²) in [7, 11) is 0. The van der Waals surface area contributed by atoms with Gasteiger partial charge in [-0.3, -0.25) is 9.59 Å². The van der Waals surface area contributed by atoms with Gasteiger partial charge in [-0.05, 0) is 43.0 Å². The molecule has 1 N–H and O–H groups in total. The van der Waals surface area contributed by atoms with E-state index in [2.05, 4.69) is 10.3 Å². The minimum Gasteiger partial charge on any atom is -0.472 e. The first-order valence-electron chi connectivity index (χ1n) is 9.81. The fourth-order valence-corrected chi connectivity index (χ4v) is 4.37. The molecular weight excluding hydrogens is 405 g/mol. The van der Waals surface area contributed by atoms with Gasteiger partial charge in [0.25, 0.3) is 5.91 Å². The van der Waals surface area contributed by atoms with E-state index in [0.29, 0.717) is 48.6 Å². The lowest BCUT2D eigenvalue weighted by Gasteiger charge is -2.30. The van der Waals surface area contributed by atoms with Crippen molar-refractivity contribution in [1.29, 1.82) is 0 Å². The summed E-state index contributed by atoms with van der Waals surface area (Å²) < 4.78 is 18.7. The van der Waals surface area contributed by atoms with E-state index in [0.717, 1.165) is 10.4 Å². The molecule has 0 bridgehead atoms. The molecule has 156 valence electrons. The predicted molar refractivity (Wildman–Crippen MR) is 112 cm³/mol. The van der Waals surface area contributed by atoms with E-state index in [1.807, 2.05) is 6.07 Å². The van der Waals surface area contributed by atoms with Crippen LogP contribution in [0.5, 0.6) is 0 Å². The number of carbonyl (C=O) groups is 2. The smallest absolute Gasteiger partial charge is 0.257 e. The van der Waals surface area contributed by atoms with E-state index in [4.69, 9.17) is 4.42 Å². The third kappa shape index (κ3) is 4.59. The Hall–Kier alpha value is -3.00. The second-order valence-corrected chi connectivity index (χ2v) is 8.57. The fraction of sp³-hybridized carbons (Fsp3) is 0.318. The highest BCUT2D eigenvalue weighted by atomic mass is 32.1. The Kier molecular flexibility index (Phi) is 5.94. The van der Waals surface area contributed by atoms with Crippen LogP contribution in [0.4, 0.5) is 9.52 Å². The standard InChI is InChI=1S/C22H22FN3O3S/c1-14-2-3-15(11-19(14)23)10-18-12-24-22(30-18)25-20(27)16-4-7-26(8-5-16)21(28)17-6-9-29-13-17/h2-3,6,9,11-13,16H,4-5,7-8,10H2,1H3,(H,24,25,27). The van der Waals surface area contributed by atoms with E-state index < -0.39 is 0 Å². The molecule has 1 fully saturated rings. The van der Waals surface area contributed by atoms with Crippen molar-refractivity contribution in [2.24, 2.45) is 5.92 Å². The minimum atomic E-state index is -0.219. The number of aromatic nitrogens is 1. The molecule has 0 spiro atoms. The second-order valence-electron chi connectivity index (χ2n) is 7.46. The van der Waals surface area contributed by atoms with Crippen molar-refractivity contribution in [1.82, 2.24) is 9.88 Å². The average molecular weight is 428 g/mol. The monoisotopic (exact) mass is 427 g/mol. The maximum absolute atomic E-state index is 13.7. The van der Waals surface area contributed by atoms with Crippen molar-refractivity contribution < 1.29 is 18.4 Å². The third-order valence-corrected chi connectivity index (χ3v) is 6.23. The molecule has 2 amide bonds. The zero-order valence-corrected chi connectivity index (χ0v) is 17.4. The quantitative estimate of drug-likeness (QED) is 0.660. The molecule has 0 unspecified atom stereocenters. The summed E-state index contributed by atoms with van der Waals surface area (Å²) in [6.07, 6.45) is 6.41. The zero-order chi connectivity index (χ0) is 21.1. The van der Waals surface area contributed by atoms with Crippen LogP contribution in [0, 0.1) is 18.7 Å². The number of nitrogens with one attached hydrogen (secondary N) is 1. The minimum absolute atomic E-state index is 0.0697. The van der Waals surface area contributed by atoms with Gasteiger partial charge in [0.1, 0.15) is 12.1 Å². The van der Waals surface area contributed by atoms with E-state index in [1.165, 1.54) is 29.9 Å². The SMILES string of the molecule is Cc1ccc(Cc2cnc(NC(=O)C3CCN(C(=O)c4ccoc4)CC3)s2)cc1F. The lowest BCUT2D eigenvalue weighted by molar-refractivity contribution is -0.121. The number of benzene rings is 1. The number of rotatable bonds is 5. The number of furan rings is 1.